The third kappa shape index (κ3) is 3.66. The van der Waals surface area contributed by atoms with E-state index in [2.05, 4.69) is 22.1 Å². The van der Waals surface area contributed by atoms with Gasteiger partial charge in [-0.3, -0.25) is 20.2 Å². The van der Waals surface area contributed by atoms with Gasteiger partial charge in [0.2, 0.25) is 0 Å². The summed E-state index contributed by atoms with van der Waals surface area (Å²) < 4.78 is 16.1. The molecule has 0 aromatic carbocycles. The second kappa shape index (κ2) is 7.79. The molecule has 0 radical (unpaired) electrons. The van der Waals surface area contributed by atoms with E-state index in [1.165, 1.54) is 23.5 Å². The molecule has 0 saturated carbocycles. The van der Waals surface area contributed by atoms with Crippen LogP contribution in [0.4, 0.5) is 10.2 Å². The van der Waals surface area contributed by atoms with Crippen molar-refractivity contribution in [3.63, 3.8) is 0 Å². The molecule has 1 aromatic rings. The summed E-state index contributed by atoms with van der Waals surface area (Å²) in [6.07, 6.45) is 11.4. The second-order valence-electron chi connectivity index (χ2n) is 6.57. The number of hydrogen-bond donors (Lipinski definition) is 1. The summed E-state index contributed by atoms with van der Waals surface area (Å²) in [4.78, 5) is 12.8. The standard InChI is InChI=1S/C19H25FN6O/c1-5-9-25-19-16(12-21-25)18(27)22-23(3)13-15(20)11-14(6-2)17-8-7-10-26(17)24(19)4/h5-6,9,11-13,17H,2,7-8,10H2,1,3-4H3,(H,22,27)/b9-5-,14-11+,15-13+. The summed E-state index contributed by atoms with van der Waals surface area (Å²) in [7, 11) is 3.47. The fourth-order valence-electron chi connectivity index (χ4n) is 3.59. The molecule has 0 bridgehead atoms. The van der Waals surface area contributed by atoms with E-state index < -0.39 is 5.83 Å². The van der Waals surface area contributed by atoms with Gasteiger partial charge in [-0.1, -0.05) is 18.7 Å². The molecule has 2 aliphatic heterocycles. The van der Waals surface area contributed by atoms with Crippen LogP contribution >= 0.6 is 0 Å². The molecule has 144 valence electrons. The Morgan fingerprint density at radius 1 is 1.41 bits per heavy atom. The van der Waals surface area contributed by atoms with Gasteiger partial charge in [0.25, 0.3) is 5.91 Å². The monoisotopic (exact) mass is 372 g/mol. The maximum Gasteiger partial charge on any atom is 0.275 e. The Labute approximate surface area is 158 Å². The van der Waals surface area contributed by atoms with Crippen molar-refractivity contribution in [2.45, 2.75) is 25.8 Å². The van der Waals surface area contributed by atoms with Crippen molar-refractivity contribution >= 4 is 17.9 Å². The molecule has 1 amide bonds. The summed E-state index contributed by atoms with van der Waals surface area (Å²) in [5.74, 6) is -0.157. The van der Waals surface area contributed by atoms with Crippen molar-refractivity contribution in [1.82, 2.24) is 25.2 Å². The van der Waals surface area contributed by atoms with Gasteiger partial charge in [0, 0.05) is 26.8 Å². The molecular formula is C19H25FN6O. The zero-order chi connectivity index (χ0) is 19.6. The van der Waals surface area contributed by atoms with E-state index >= 15 is 0 Å². The molecule has 0 aliphatic carbocycles. The van der Waals surface area contributed by atoms with Crippen molar-refractivity contribution in [2.75, 3.05) is 25.6 Å². The van der Waals surface area contributed by atoms with Gasteiger partial charge >= 0.3 is 0 Å². The Hall–Kier alpha value is -2.87. The van der Waals surface area contributed by atoms with E-state index in [4.69, 9.17) is 0 Å². The molecule has 8 heteroatoms. The fraction of sp³-hybridized carbons (Fsp3) is 0.368. The lowest BCUT2D eigenvalue weighted by molar-refractivity contribution is 0.0871. The SMILES string of the molecule is C=C/C1=C\C(F)=C/N(C)NC(=O)c2cnn(/C=C\C)c2N(C)N2CCCC12. The van der Waals surface area contributed by atoms with Crippen LogP contribution in [0.25, 0.3) is 6.20 Å². The average molecular weight is 372 g/mol. The van der Waals surface area contributed by atoms with E-state index in [1.54, 1.807) is 24.0 Å². The number of halogens is 1. The maximum atomic E-state index is 14.4. The highest BCUT2D eigenvalue weighted by Gasteiger charge is 2.33. The van der Waals surface area contributed by atoms with Crippen LogP contribution in [0.5, 0.6) is 0 Å². The van der Waals surface area contributed by atoms with E-state index in [9.17, 15) is 9.18 Å². The number of carbonyl (C=O) groups excluding carboxylic acids is 1. The van der Waals surface area contributed by atoms with Crippen molar-refractivity contribution < 1.29 is 9.18 Å². The first-order valence-corrected chi connectivity index (χ1v) is 8.92. The number of rotatable bonds is 2. The number of hydrazine groups is 2. The lowest BCUT2D eigenvalue weighted by atomic mass is 10.0. The quantitative estimate of drug-likeness (QED) is 0.865. The highest BCUT2D eigenvalue weighted by atomic mass is 19.1. The molecule has 7 nitrogen and oxygen atoms in total. The van der Waals surface area contributed by atoms with Crippen LogP contribution in [0, 0.1) is 0 Å². The maximum absolute atomic E-state index is 14.4. The normalized spacial score (nSPS) is 25.6. The van der Waals surface area contributed by atoms with Gasteiger partial charge in [0.05, 0.1) is 18.4 Å². The first-order valence-electron chi connectivity index (χ1n) is 8.92. The summed E-state index contributed by atoms with van der Waals surface area (Å²) in [6, 6.07) is -0.0266. The summed E-state index contributed by atoms with van der Waals surface area (Å²) in [5.41, 5.74) is 3.86. The lowest BCUT2D eigenvalue weighted by Crippen LogP contribution is -2.46. The van der Waals surface area contributed by atoms with Gasteiger partial charge in [-0.15, -0.1) is 0 Å². The number of nitrogens with one attached hydrogen (secondary N) is 1. The number of hydrogen-bond acceptors (Lipinski definition) is 5. The van der Waals surface area contributed by atoms with Gasteiger partial charge < -0.3 is 0 Å². The zero-order valence-corrected chi connectivity index (χ0v) is 15.9. The molecule has 3 rings (SSSR count). The Morgan fingerprint density at radius 3 is 2.89 bits per heavy atom. The summed E-state index contributed by atoms with van der Waals surface area (Å²) >= 11 is 0. The number of allylic oxidation sites excluding steroid dienone is 3. The minimum atomic E-state index is -0.451. The van der Waals surface area contributed by atoms with Crippen molar-refractivity contribution in [1.29, 1.82) is 0 Å². The molecule has 1 fully saturated rings. The highest BCUT2D eigenvalue weighted by molar-refractivity contribution is 5.98. The summed E-state index contributed by atoms with van der Waals surface area (Å²) in [5, 5.41) is 9.69. The Balaban J connectivity index is 2.17. The molecule has 0 spiro atoms. The van der Waals surface area contributed by atoms with Gasteiger partial charge in [-0.25, -0.2) is 14.1 Å². The highest BCUT2D eigenvalue weighted by Crippen LogP contribution is 2.31. The van der Waals surface area contributed by atoms with Crippen LogP contribution in [0.3, 0.4) is 0 Å². The molecule has 1 aromatic heterocycles. The fourth-order valence-corrected chi connectivity index (χ4v) is 3.59. The molecule has 1 saturated heterocycles. The van der Waals surface area contributed by atoms with E-state index in [0.717, 1.165) is 25.0 Å². The largest absolute Gasteiger partial charge is 0.293 e. The first-order chi connectivity index (χ1) is 13.0. The topological polar surface area (TPSA) is 56.6 Å². The number of aromatic nitrogens is 2. The van der Waals surface area contributed by atoms with Gasteiger partial charge in [-0.05, 0) is 31.4 Å². The van der Waals surface area contributed by atoms with Crippen molar-refractivity contribution in [3.8, 4) is 0 Å². The number of fused-ring (bicyclic) bond motifs is 2. The number of carbonyl (C=O) groups is 1. The van der Waals surface area contributed by atoms with Gasteiger partial charge in [0.15, 0.2) is 5.82 Å². The van der Waals surface area contributed by atoms with Crippen LogP contribution in [0.1, 0.15) is 30.1 Å². The minimum Gasteiger partial charge on any atom is -0.293 e. The zero-order valence-electron chi connectivity index (χ0n) is 15.9. The predicted molar refractivity (Wildman–Crippen MR) is 104 cm³/mol. The first kappa shape index (κ1) is 18.9. The number of anilines is 1. The van der Waals surface area contributed by atoms with E-state index in [1.807, 2.05) is 25.1 Å². The van der Waals surface area contributed by atoms with Crippen LogP contribution in [-0.4, -0.2) is 52.4 Å². The van der Waals surface area contributed by atoms with Gasteiger partial charge in [0.1, 0.15) is 11.4 Å². The Kier molecular flexibility index (Phi) is 5.46. The van der Waals surface area contributed by atoms with E-state index in [0.29, 0.717) is 11.4 Å². The molecule has 3 heterocycles. The molecule has 1 N–H and O–H groups in total. The van der Waals surface area contributed by atoms with Crippen molar-refractivity contribution in [3.05, 3.63) is 54.2 Å². The van der Waals surface area contributed by atoms with Gasteiger partial charge in [-0.2, -0.15) is 5.10 Å². The second-order valence-corrected chi connectivity index (χ2v) is 6.57. The number of amides is 1. The minimum absolute atomic E-state index is 0.0266. The third-order valence-corrected chi connectivity index (χ3v) is 4.74. The lowest BCUT2D eigenvalue weighted by Gasteiger charge is -2.36. The van der Waals surface area contributed by atoms with Crippen LogP contribution < -0.4 is 10.4 Å². The van der Waals surface area contributed by atoms with Crippen LogP contribution in [-0.2, 0) is 0 Å². The smallest absolute Gasteiger partial charge is 0.275 e. The van der Waals surface area contributed by atoms with Crippen LogP contribution in [0.15, 0.2) is 48.6 Å². The average Bonchev–Trinajstić information content (AvgIpc) is 3.25. The molecule has 27 heavy (non-hydrogen) atoms. The Bertz CT molecular complexity index is 824. The predicted octanol–water partition coefficient (Wildman–Crippen LogP) is 2.70. The molecule has 1 unspecified atom stereocenters. The van der Waals surface area contributed by atoms with E-state index in [-0.39, 0.29) is 11.9 Å². The molecule has 2 aliphatic rings. The summed E-state index contributed by atoms with van der Waals surface area (Å²) in [6.45, 7) is 6.55. The molecule has 1 atom stereocenters. The van der Waals surface area contributed by atoms with Crippen molar-refractivity contribution in [2.24, 2.45) is 0 Å². The third-order valence-electron chi connectivity index (χ3n) is 4.74. The van der Waals surface area contributed by atoms with Crippen LogP contribution in [0.2, 0.25) is 0 Å². The Morgan fingerprint density at radius 2 is 2.19 bits per heavy atom. The number of nitrogens with zero attached hydrogens (tertiary/aromatic N) is 5. The molecular weight excluding hydrogens is 347 g/mol.